The van der Waals surface area contributed by atoms with Crippen molar-refractivity contribution in [2.45, 2.75) is 39.2 Å². The van der Waals surface area contributed by atoms with E-state index in [0.29, 0.717) is 24.9 Å². The first-order valence-electron chi connectivity index (χ1n) is 9.83. The molecule has 0 N–H and O–H groups in total. The summed E-state index contributed by atoms with van der Waals surface area (Å²) < 4.78 is 32.4. The minimum absolute atomic E-state index is 0.110. The highest BCUT2D eigenvalue weighted by molar-refractivity contribution is 6.09. The van der Waals surface area contributed by atoms with Crippen LogP contribution in [-0.4, -0.2) is 22.8 Å². The number of nitrogens with zero attached hydrogens (tertiary/aromatic N) is 3. The van der Waals surface area contributed by atoms with Crippen LogP contribution in [0.25, 0.3) is 11.1 Å². The van der Waals surface area contributed by atoms with Crippen LogP contribution in [0.3, 0.4) is 0 Å². The Kier molecular flexibility index (Phi) is 4.27. The summed E-state index contributed by atoms with van der Waals surface area (Å²) in [6.45, 7) is 3.78. The van der Waals surface area contributed by atoms with Gasteiger partial charge in [-0.3, -0.25) is 9.79 Å². The quantitative estimate of drug-likeness (QED) is 0.610. The molecule has 0 saturated carbocycles. The lowest BCUT2D eigenvalue weighted by atomic mass is 9.99. The highest BCUT2D eigenvalue weighted by Gasteiger charge is 2.37. The third-order valence-electron chi connectivity index (χ3n) is 5.82. The van der Waals surface area contributed by atoms with Crippen LogP contribution in [0.5, 0.6) is 0 Å². The summed E-state index contributed by atoms with van der Waals surface area (Å²) in [4.78, 5) is 18.9. The first kappa shape index (κ1) is 18.7. The predicted molar refractivity (Wildman–Crippen MR) is 109 cm³/mol. The summed E-state index contributed by atoms with van der Waals surface area (Å²) in [6.07, 6.45) is 1.57. The van der Waals surface area contributed by atoms with Crippen molar-refractivity contribution in [3.8, 4) is 11.1 Å². The number of benzene rings is 2. The molecule has 3 heterocycles. The SMILES string of the molecule is Cc1noc(C)c1-c1ccc2c(c1)N=C([C@@H]1CCC(=O)N1c1ccc(F)c(F)c1)C2. The van der Waals surface area contributed by atoms with Crippen LogP contribution in [0, 0.1) is 25.5 Å². The Bertz CT molecular complexity index is 1200. The Balaban J connectivity index is 1.49. The van der Waals surface area contributed by atoms with Gasteiger partial charge in [0.25, 0.3) is 0 Å². The highest BCUT2D eigenvalue weighted by atomic mass is 19.2. The minimum atomic E-state index is -0.966. The lowest BCUT2D eigenvalue weighted by Crippen LogP contribution is -2.39. The van der Waals surface area contributed by atoms with Gasteiger partial charge in [-0.25, -0.2) is 8.78 Å². The minimum Gasteiger partial charge on any atom is -0.361 e. The molecule has 1 aromatic heterocycles. The molecule has 0 radical (unpaired) electrons. The molecule has 1 fully saturated rings. The van der Waals surface area contributed by atoms with E-state index in [1.54, 1.807) is 4.90 Å². The number of rotatable bonds is 3. The smallest absolute Gasteiger partial charge is 0.227 e. The number of fused-ring (bicyclic) bond motifs is 1. The average molecular weight is 407 g/mol. The number of anilines is 1. The molecule has 30 heavy (non-hydrogen) atoms. The Morgan fingerprint density at radius 1 is 1.10 bits per heavy atom. The Labute approximate surface area is 172 Å². The Morgan fingerprint density at radius 2 is 1.93 bits per heavy atom. The maximum absolute atomic E-state index is 13.8. The van der Waals surface area contributed by atoms with Gasteiger partial charge in [0.1, 0.15) is 5.76 Å². The summed E-state index contributed by atoms with van der Waals surface area (Å²) in [5.74, 6) is -1.26. The number of amides is 1. The number of aryl methyl sites for hydroxylation is 2. The zero-order valence-electron chi connectivity index (χ0n) is 16.6. The number of carbonyl (C=O) groups is 1. The third kappa shape index (κ3) is 2.93. The number of aliphatic imine (C=N–C) groups is 1. The van der Waals surface area contributed by atoms with E-state index in [1.165, 1.54) is 6.07 Å². The maximum atomic E-state index is 13.8. The third-order valence-corrected chi connectivity index (χ3v) is 5.82. The molecule has 5 nitrogen and oxygen atoms in total. The molecule has 1 atom stereocenters. The zero-order chi connectivity index (χ0) is 21.0. The van der Waals surface area contributed by atoms with E-state index in [0.717, 1.165) is 51.7 Å². The lowest BCUT2D eigenvalue weighted by molar-refractivity contribution is -0.117. The topological polar surface area (TPSA) is 58.7 Å². The second kappa shape index (κ2) is 6.86. The van der Waals surface area contributed by atoms with Crippen LogP contribution in [-0.2, 0) is 11.2 Å². The number of halogens is 2. The van der Waals surface area contributed by atoms with Crippen molar-refractivity contribution in [2.75, 3.05) is 4.90 Å². The molecule has 0 spiro atoms. The Morgan fingerprint density at radius 3 is 2.67 bits per heavy atom. The summed E-state index contributed by atoms with van der Waals surface area (Å²) in [6, 6.07) is 9.36. The van der Waals surface area contributed by atoms with Crippen molar-refractivity contribution < 1.29 is 18.1 Å². The van der Waals surface area contributed by atoms with Gasteiger partial charge in [0.05, 0.1) is 17.4 Å². The molecule has 2 aromatic carbocycles. The molecule has 2 aliphatic heterocycles. The predicted octanol–water partition coefficient (Wildman–Crippen LogP) is 5.06. The maximum Gasteiger partial charge on any atom is 0.227 e. The number of hydrogen-bond acceptors (Lipinski definition) is 4. The number of aromatic nitrogens is 1. The van der Waals surface area contributed by atoms with E-state index in [2.05, 4.69) is 5.16 Å². The molecule has 152 valence electrons. The van der Waals surface area contributed by atoms with Gasteiger partial charge in [0.15, 0.2) is 11.6 Å². The molecule has 0 bridgehead atoms. The molecular weight excluding hydrogens is 388 g/mol. The first-order valence-corrected chi connectivity index (χ1v) is 9.83. The number of hydrogen-bond donors (Lipinski definition) is 0. The van der Waals surface area contributed by atoms with Gasteiger partial charge in [-0.1, -0.05) is 17.3 Å². The molecule has 1 amide bonds. The van der Waals surface area contributed by atoms with Crippen molar-refractivity contribution >= 4 is 23.0 Å². The standard InChI is InChI=1S/C23H19F2N3O2/c1-12-23(13(2)30-27-12)15-4-3-14-9-20(26-19(14)10-15)21-7-8-22(29)28(21)16-5-6-17(24)18(25)11-16/h3-6,10-11,21H,7-9H2,1-2H3/t21-/m0/s1. The molecule has 5 rings (SSSR count). The van der Waals surface area contributed by atoms with Gasteiger partial charge < -0.3 is 9.42 Å². The molecule has 0 unspecified atom stereocenters. The van der Waals surface area contributed by atoms with Gasteiger partial charge in [0.2, 0.25) is 5.91 Å². The van der Waals surface area contributed by atoms with Gasteiger partial charge in [-0.15, -0.1) is 0 Å². The summed E-state index contributed by atoms with van der Waals surface area (Å²) in [5.41, 5.74) is 5.90. The van der Waals surface area contributed by atoms with Crippen molar-refractivity contribution in [1.29, 1.82) is 0 Å². The van der Waals surface area contributed by atoms with Crippen molar-refractivity contribution in [2.24, 2.45) is 4.99 Å². The van der Waals surface area contributed by atoms with Crippen LogP contribution in [0.15, 0.2) is 45.9 Å². The normalized spacial score (nSPS) is 18.1. The average Bonchev–Trinajstić information content (AvgIpc) is 3.40. The zero-order valence-corrected chi connectivity index (χ0v) is 16.6. The molecule has 2 aliphatic rings. The molecule has 0 aliphatic carbocycles. The van der Waals surface area contributed by atoms with Crippen LogP contribution in [0.2, 0.25) is 0 Å². The summed E-state index contributed by atoms with van der Waals surface area (Å²) >= 11 is 0. The van der Waals surface area contributed by atoms with Crippen molar-refractivity contribution in [3.05, 3.63) is 65.1 Å². The molecule has 3 aromatic rings. The second-order valence-electron chi connectivity index (χ2n) is 7.74. The Hall–Kier alpha value is -3.35. The highest BCUT2D eigenvalue weighted by Crippen LogP contribution is 2.38. The van der Waals surface area contributed by atoms with Crippen LogP contribution >= 0.6 is 0 Å². The van der Waals surface area contributed by atoms with Crippen molar-refractivity contribution in [1.82, 2.24) is 5.16 Å². The van der Waals surface area contributed by atoms with Gasteiger partial charge in [0, 0.05) is 35.9 Å². The monoisotopic (exact) mass is 407 g/mol. The first-order chi connectivity index (χ1) is 14.4. The summed E-state index contributed by atoms with van der Waals surface area (Å²) in [5, 5.41) is 4.02. The summed E-state index contributed by atoms with van der Waals surface area (Å²) in [7, 11) is 0. The van der Waals surface area contributed by atoms with E-state index in [4.69, 9.17) is 9.52 Å². The van der Waals surface area contributed by atoms with Gasteiger partial charge in [-0.2, -0.15) is 0 Å². The van der Waals surface area contributed by atoms with E-state index >= 15 is 0 Å². The fraction of sp³-hybridized carbons (Fsp3) is 0.261. The van der Waals surface area contributed by atoms with Crippen LogP contribution < -0.4 is 4.90 Å². The largest absolute Gasteiger partial charge is 0.361 e. The van der Waals surface area contributed by atoms with Gasteiger partial charge >= 0.3 is 0 Å². The lowest BCUT2D eigenvalue weighted by Gasteiger charge is -2.25. The van der Waals surface area contributed by atoms with E-state index in [9.17, 15) is 13.6 Å². The van der Waals surface area contributed by atoms with E-state index in [1.807, 2.05) is 32.0 Å². The van der Waals surface area contributed by atoms with Crippen LogP contribution in [0.4, 0.5) is 20.2 Å². The number of carbonyl (C=O) groups excluding carboxylic acids is 1. The molecule has 1 saturated heterocycles. The van der Waals surface area contributed by atoms with E-state index in [-0.39, 0.29) is 11.9 Å². The van der Waals surface area contributed by atoms with E-state index < -0.39 is 11.6 Å². The fourth-order valence-electron chi connectivity index (χ4n) is 4.41. The van der Waals surface area contributed by atoms with Crippen LogP contribution in [0.1, 0.15) is 29.9 Å². The molecule has 7 heteroatoms. The second-order valence-corrected chi connectivity index (χ2v) is 7.74. The van der Waals surface area contributed by atoms with Crippen molar-refractivity contribution in [3.63, 3.8) is 0 Å². The van der Waals surface area contributed by atoms with Gasteiger partial charge in [-0.05, 0) is 49.6 Å². The fourth-order valence-corrected chi connectivity index (χ4v) is 4.41. The molecular formula is C23H19F2N3O2.